The number of H-pyrrole nitrogens is 2. The van der Waals surface area contributed by atoms with E-state index in [1.54, 1.807) is 0 Å². The molecule has 9 nitrogen and oxygen atoms in total. The molecular formula is C62H54N6O3. The number of nitrogens with two attached hydrogens (primary N) is 2. The molecular weight excluding hydrogens is 877 g/mol. The maximum atomic E-state index is 11.2. The minimum Gasteiger partial charge on any atom is -0.397 e. The topological polar surface area (TPSA) is 145 Å². The predicted molar refractivity (Wildman–Crippen MR) is 291 cm³/mol. The third-order valence-corrected chi connectivity index (χ3v) is 12.1. The molecule has 9 heteroatoms. The Bertz CT molecular complexity index is 3250. The van der Waals surface area contributed by atoms with Gasteiger partial charge in [-0.3, -0.25) is 4.79 Å². The van der Waals surface area contributed by atoms with E-state index in [1.807, 2.05) is 172 Å². The largest absolute Gasteiger partial charge is 0.397 e. The number of carbonyl (C=O) groups excluding carboxylic acids is 1. The second kappa shape index (κ2) is 22.5. The van der Waals surface area contributed by atoms with Crippen molar-refractivity contribution in [2.45, 2.75) is 20.1 Å². The number of hydrogen-bond acceptors (Lipinski definition) is 7. The van der Waals surface area contributed by atoms with Crippen molar-refractivity contribution < 1.29 is 14.3 Å². The summed E-state index contributed by atoms with van der Waals surface area (Å²) in [5.74, 6) is 1.04. The fourth-order valence-corrected chi connectivity index (χ4v) is 8.69. The molecule has 71 heavy (non-hydrogen) atoms. The fraction of sp³-hybridized carbons (Fsp3) is 0.0806. The summed E-state index contributed by atoms with van der Waals surface area (Å²) in [6.07, 6.45) is 0.249. The average molecular weight is 931 g/mol. The van der Waals surface area contributed by atoms with Crippen molar-refractivity contribution in [1.82, 2.24) is 19.9 Å². The number of nitrogen functional groups attached to an aromatic ring is 2. The van der Waals surface area contributed by atoms with Crippen LogP contribution in [0.2, 0.25) is 0 Å². The molecule has 0 aliphatic rings. The van der Waals surface area contributed by atoms with Gasteiger partial charge in [0.25, 0.3) is 0 Å². The average Bonchev–Trinajstić information content (AvgIpc) is 4.09. The van der Waals surface area contributed by atoms with Gasteiger partial charge in [-0.25, -0.2) is 9.97 Å². The third kappa shape index (κ3) is 10.6. The Balaban J connectivity index is 0.000000134. The van der Waals surface area contributed by atoms with Gasteiger partial charge in [0.1, 0.15) is 0 Å². The van der Waals surface area contributed by atoms with E-state index in [0.717, 1.165) is 95.1 Å². The molecule has 9 aromatic carbocycles. The van der Waals surface area contributed by atoms with Crippen LogP contribution in [0.3, 0.4) is 0 Å². The number of nitrogens with zero attached hydrogens (tertiary/aromatic N) is 2. The van der Waals surface area contributed by atoms with Crippen LogP contribution in [0.4, 0.5) is 11.4 Å². The van der Waals surface area contributed by atoms with Crippen molar-refractivity contribution in [3.63, 3.8) is 0 Å². The van der Waals surface area contributed by atoms with Crippen LogP contribution < -0.4 is 11.5 Å². The molecule has 0 atom stereocenters. The van der Waals surface area contributed by atoms with E-state index in [0.29, 0.717) is 36.2 Å². The van der Waals surface area contributed by atoms with E-state index in [9.17, 15) is 4.79 Å². The highest BCUT2D eigenvalue weighted by molar-refractivity contribution is 6.03. The minimum atomic E-state index is -0.505. The highest BCUT2D eigenvalue weighted by Crippen LogP contribution is 2.39. The lowest BCUT2D eigenvalue weighted by Gasteiger charge is -2.13. The molecule has 11 aromatic rings. The van der Waals surface area contributed by atoms with Gasteiger partial charge in [0.15, 0.2) is 17.9 Å². The highest BCUT2D eigenvalue weighted by Gasteiger charge is 2.21. The fourth-order valence-electron chi connectivity index (χ4n) is 8.69. The van der Waals surface area contributed by atoms with Crippen LogP contribution in [0.25, 0.3) is 88.8 Å². The molecule has 11 rings (SSSR count). The molecule has 0 bridgehead atoms. The number of aromatic amines is 2. The molecule has 0 radical (unpaired) electrons. The number of hydrogen-bond donors (Lipinski definition) is 4. The van der Waals surface area contributed by atoms with Crippen LogP contribution in [0, 0.1) is 0 Å². The van der Waals surface area contributed by atoms with Crippen molar-refractivity contribution >= 4 is 39.7 Å². The monoisotopic (exact) mass is 930 g/mol. The maximum absolute atomic E-state index is 11.2. The minimum absolute atomic E-state index is 0.348. The van der Waals surface area contributed by atoms with Crippen LogP contribution in [-0.2, 0) is 9.47 Å². The molecule has 0 saturated carbocycles. The Morgan fingerprint density at radius 3 is 1.06 bits per heavy atom. The molecule has 0 saturated heterocycles. The van der Waals surface area contributed by atoms with Gasteiger partial charge in [-0.2, -0.15) is 0 Å². The Labute approximate surface area is 413 Å². The van der Waals surface area contributed by atoms with Gasteiger partial charge in [-0.05, 0) is 47.2 Å². The van der Waals surface area contributed by atoms with E-state index < -0.39 is 6.29 Å². The lowest BCUT2D eigenvalue weighted by atomic mass is 9.96. The van der Waals surface area contributed by atoms with Crippen LogP contribution in [0.15, 0.2) is 218 Å². The lowest BCUT2D eigenvalue weighted by molar-refractivity contribution is -0.144. The van der Waals surface area contributed by atoms with E-state index in [2.05, 4.69) is 75.6 Å². The SMILES string of the molecule is CCOC(OCC)c1nc2c(-c3ccccc3)ccc(-c3ccccc3)c2[nH]1.Nc1c(-c2ccccc2)ccc(-c2ccccc2)c1N.O=Cc1nc2c(-c3ccccc3)ccc(-c3ccccc3)c2[nH]1. The van der Waals surface area contributed by atoms with Crippen molar-refractivity contribution in [2.75, 3.05) is 24.7 Å². The zero-order chi connectivity index (χ0) is 48.9. The number of imidazole rings is 2. The molecule has 6 N–H and O–H groups in total. The van der Waals surface area contributed by atoms with E-state index >= 15 is 0 Å². The Kier molecular flexibility index (Phi) is 14.9. The number of aldehydes is 1. The molecule has 350 valence electrons. The Morgan fingerprint density at radius 1 is 0.408 bits per heavy atom. The molecule has 0 unspecified atom stereocenters. The van der Waals surface area contributed by atoms with Gasteiger partial charge >= 0.3 is 0 Å². The van der Waals surface area contributed by atoms with Crippen molar-refractivity contribution in [3.8, 4) is 66.8 Å². The second-order valence-corrected chi connectivity index (χ2v) is 16.6. The van der Waals surface area contributed by atoms with Crippen molar-refractivity contribution in [1.29, 1.82) is 0 Å². The number of carbonyl (C=O) groups is 1. The molecule has 0 spiro atoms. The van der Waals surface area contributed by atoms with Crippen LogP contribution in [-0.4, -0.2) is 39.4 Å². The molecule has 0 aliphatic carbocycles. The standard InChI is InChI=1S/C24H24N2O2.C20H14N2O.C18H16N2/c1-3-27-24(28-4-2)23-25-21-19(17-11-7-5-8-12-17)15-16-20(22(21)26-23)18-13-9-6-10-14-18;23-13-18-21-19-16(14-7-3-1-4-8-14)11-12-17(20(19)22-18)15-9-5-2-6-10-15;19-17-15(13-7-3-1-4-8-13)11-12-16(18(17)20)14-9-5-2-6-10-14/h5-16,24H,3-4H2,1-2H3,(H,25,26);1-13H,(H,21,22);1-12H,19-20H2. The number of benzene rings is 9. The maximum Gasteiger partial charge on any atom is 0.217 e. The first-order chi connectivity index (χ1) is 34.9. The van der Waals surface area contributed by atoms with Crippen LogP contribution in [0.5, 0.6) is 0 Å². The van der Waals surface area contributed by atoms with Gasteiger partial charge in [0.05, 0.1) is 33.4 Å². The number of anilines is 2. The quantitative estimate of drug-likeness (QED) is 0.0542. The normalized spacial score (nSPS) is 10.9. The number of rotatable bonds is 12. The predicted octanol–water partition coefficient (Wildman–Crippen LogP) is 14.9. The molecule has 2 heterocycles. The summed E-state index contributed by atoms with van der Waals surface area (Å²) in [4.78, 5) is 27.2. The number of nitrogens with one attached hydrogen (secondary N) is 2. The van der Waals surface area contributed by atoms with Gasteiger partial charge in [0.2, 0.25) is 6.29 Å². The zero-order valence-corrected chi connectivity index (χ0v) is 39.6. The summed E-state index contributed by atoms with van der Waals surface area (Å²) in [7, 11) is 0. The third-order valence-electron chi connectivity index (χ3n) is 12.1. The second-order valence-electron chi connectivity index (χ2n) is 16.6. The van der Waals surface area contributed by atoms with E-state index in [4.69, 9.17) is 25.9 Å². The molecule has 2 aromatic heterocycles. The first-order valence-corrected chi connectivity index (χ1v) is 23.7. The van der Waals surface area contributed by atoms with E-state index in [1.165, 1.54) is 0 Å². The Morgan fingerprint density at radius 2 is 0.704 bits per heavy atom. The summed E-state index contributed by atoms with van der Waals surface area (Å²) < 4.78 is 11.5. The number of ether oxygens (including phenoxy) is 2. The van der Waals surface area contributed by atoms with Gasteiger partial charge in [-0.15, -0.1) is 0 Å². The summed E-state index contributed by atoms with van der Waals surface area (Å²) in [6.45, 7) is 5.02. The van der Waals surface area contributed by atoms with Crippen LogP contribution in [0.1, 0.15) is 36.6 Å². The van der Waals surface area contributed by atoms with Crippen LogP contribution >= 0.6 is 0 Å². The number of fused-ring (bicyclic) bond motifs is 2. The summed E-state index contributed by atoms with van der Waals surface area (Å²) in [5, 5.41) is 0. The van der Waals surface area contributed by atoms with Crippen molar-refractivity contribution in [2.24, 2.45) is 0 Å². The summed E-state index contributed by atoms with van der Waals surface area (Å²) in [5.41, 5.74) is 30.2. The van der Waals surface area contributed by atoms with Gasteiger partial charge < -0.3 is 30.9 Å². The number of aromatic nitrogens is 4. The van der Waals surface area contributed by atoms with Gasteiger partial charge in [0, 0.05) is 46.6 Å². The zero-order valence-electron chi connectivity index (χ0n) is 39.6. The molecule has 0 amide bonds. The summed E-state index contributed by atoms with van der Waals surface area (Å²) >= 11 is 0. The summed E-state index contributed by atoms with van der Waals surface area (Å²) in [6, 6.07) is 73.4. The first-order valence-electron chi connectivity index (χ1n) is 23.7. The molecule has 0 aliphatic heterocycles. The molecule has 0 fully saturated rings. The Hall–Kier alpha value is -8.89. The lowest BCUT2D eigenvalue weighted by Crippen LogP contribution is -2.10. The first kappa shape index (κ1) is 47.2. The van der Waals surface area contributed by atoms with Crippen molar-refractivity contribution in [3.05, 3.63) is 230 Å². The smallest absolute Gasteiger partial charge is 0.217 e. The van der Waals surface area contributed by atoms with E-state index in [-0.39, 0.29) is 0 Å². The highest BCUT2D eigenvalue weighted by atomic mass is 16.7. The van der Waals surface area contributed by atoms with Gasteiger partial charge in [-0.1, -0.05) is 218 Å².